The molecule has 2 aromatic carbocycles. The van der Waals surface area contributed by atoms with Crippen LogP contribution in [0.5, 0.6) is 0 Å². The van der Waals surface area contributed by atoms with Crippen molar-refractivity contribution in [3.05, 3.63) is 85.3 Å². The lowest BCUT2D eigenvalue weighted by Crippen LogP contribution is -2.53. The van der Waals surface area contributed by atoms with E-state index in [1.807, 2.05) is 16.7 Å². The van der Waals surface area contributed by atoms with Crippen LogP contribution in [-0.4, -0.2) is 67.6 Å². The minimum Gasteiger partial charge on any atom is -0.340 e. The van der Waals surface area contributed by atoms with Gasteiger partial charge in [-0.2, -0.15) is 4.98 Å². The van der Waals surface area contributed by atoms with Crippen LogP contribution in [0.15, 0.2) is 52.1 Å². The molecule has 0 aliphatic carbocycles. The highest BCUT2D eigenvalue weighted by Crippen LogP contribution is 2.31. The first-order valence-corrected chi connectivity index (χ1v) is 14.0. The normalized spacial score (nSPS) is 18.1. The van der Waals surface area contributed by atoms with Gasteiger partial charge in [-0.1, -0.05) is 29.8 Å². The van der Waals surface area contributed by atoms with E-state index < -0.39 is 17.3 Å². The van der Waals surface area contributed by atoms with Crippen LogP contribution in [0.25, 0.3) is 11.2 Å². The number of hydrogen-bond acceptors (Lipinski definition) is 7. The van der Waals surface area contributed by atoms with Crippen LogP contribution in [0.2, 0.25) is 5.02 Å². The summed E-state index contributed by atoms with van der Waals surface area (Å²) in [4.78, 5) is 62.3. The number of fused-ring (bicyclic) bond motifs is 1. The van der Waals surface area contributed by atoms with E-state index in [0.29, 0.717) is 42.8 Å². The van der Waals surface area contributed by atoms with Crippen molar-refractivity contribution in [3.63, 3.8) is 0 Å². The second-order valence-corrected chi connectivity index (χ2v) is 11.2. The molecule has 4 heterocycles. The summed E-state index contributed by atoms with van der Waals surface area (Å²) < 4.78 is 17.7. The van der Waals surface area contributed by atoms with Crippen molar-refractivity contribution in [1.82, 2.24) is 23.6 Å². The zero-order chi connectivity index (χ0) is 29.9. The van der Waals surface area contributed by atoms with Gasteiger partial charge in [0.25, 0.3) is 11.5 Å². The summed E-state index contributed by atoms with van der Waals surface area (Å²) in [5.74, 6) is -0.415. The Morgan fingerprint density at radius 1 is 0.952 bits per heavy atom. The molecular formula is C29H29ClFN7O4. The minimum atomic E-state index is -0.593. The number of amides is 2. The number of rotatable bonds is 5. The molecule has 6 rings (SSSR count). The fraction of sp³-hybridized carbons (Fsp3) is 0.345. The number of imide groups is 1. The number of imidazole rings is 1. The molecule has 218 valence electrons. The highest BCUT2D eigenvalue weighted by atomic mass is 35.5. The summed E-state index contributed by atoms with van der Waals surface area (Å²) in [7, 11) is 2.99. The third-order valence-corrected chi connectivity index (χ3v) is 8.39. The minimum absolute atomic E-state index is 0.0754. The quantitative estimate of drug-likeness (QED) is 0.326. The number of aromatic nitrogens is 4. The van der Waals surface area contributed by atoms with E-state index in [2.05, 4.69) is 0 Å². The molecule has 1 atom stereocenters. The van der Waals surface area contributed by atoms with Crippen molar-refractivity contribution in [3.8, 4) is 0 Å². The Hall–Kier alpha value is -4.29. The molecule has 2 aliphatic rings. The van der Waals surface area contributed by atoms with Gasteiger partial charge in [-0.3, -0.25) is 33.0 Å². The molecule has 11 nitrogen and oxygen atoms in total. The van der Waals surface area contributed by atoms with Crippen molar-refractivity contribution in [2.45, 2.75) is 25.9 Å². The standard InChI is InChI=1S/C29H29ClFN7O4/c1-17-4-7-19(30)14-21(17)38-23(39)15-22(26(38)40)35-10-12-36(13-11-35)28-32-25-24(27(41)34(3)29(42)33(25)2)37(28)16-18-5-8-20(31)9-6-18/h4-9,14,22H,10-13,15-16H2,1-3H3. The fourth-order valence-corrected chi connectivity index (χ4v) is 5.98. The maximum atomic E-state index is 13.6. The lowest BCUT2D eigenvalue weighted by Gasteiger charge is -2.37. The number of carbonyl (C=O) groups excluding carboxylic acids is 2. The van der Waals surface area contributed by atoms with Gasteiger partial charge in [-0.25, -0.2) is 14.1 Å². The van der Waals surface area contributed by atoms with Crippen LogP contribution < -0.4 is 21.0 Å². The summed E-state index contributed by atoms with van der Waals surface area (Å²) in [6.45, 7) is 3.96. The lowest BCUT2D eigenvalue weighted by molar-refractivity contribution is -0.123. The number of piperazine rings is 1. The van der Waals surface area contributed by atoms with E-state index in [1.54, 1.807) is 41.9 Å². The maximum absolute atomic E-state index is 13.6. The van der Waals surface area contributed by atoms with Crippen LogP contribution in [0.3, 0.4) is 0 Å². The van der Waals surface area contributed by atoms with E-state index in [-0.39, 0.29) is 41.8 Å². The van der Waals surface area contributed by atoms with Gasteiger partial charge in [-0.15, -0.1) is 0 Å². The molecule has 42 heavy (non-hydrogen) atoms. The van der Waals surface area contributed by atoms with Crippen molar-refractivity contribution < 1.29 is 14.0 Å². The average molecular weight is 594 g/mol. The summed E-state index contributed by atoms with van der Waals surface area (Å²) >= 11 is 6.16. The summed E-state index contributed by atoms with van der Waals surface area (Å²) in [6.07, 6.45) is 0.0754. The number of nitrogens with zero attached hydrogens (tertiary/aromatic N) is 7. The number of anilines is 2. The Morgan fingerprint density at radius 2 is 1.64 bits per heavy atom. The van der Waals surface area contributed by atoms with Crippen molar-refractivity contribution in [2.75, 3.05) is 36.0 Å². The van der Waals surface area contributed by atoms with Gasteiger partial charge in [0, 0.05) is 45.3 Å². The first-order valence-electron chi connectivity index (χ1n) is 13.6. The Bertz CT molecular complexity index is 1860. The molecule has 1 unspecified atom stereocenters. The highest BCUT2D eigenvalue weighted by molar-refractivity contribution is 6.31. The van der Waals surface area contributed by atoms with Crippen LogP contribution in [0.1, 0.15) is 17.5 Å². The number of hydrogen-bond donors (Lipinski definition) is 0. The number of benzene rings is 2. The van der Waals surface area contributed by atoms with Crippen LogP contribution in [0.4, 0.5) is 16.0 Å². The predicted octanol–water partition coefficient (Wildman–Crippen LogP) is 2.04. The molecule has 13 heteroatoms. The third kappa shape index (κ3) is 4.60. The Balaban J connectivity index is 1.29. The molecule has 2 aliphatic heterocycles. The first kappa shape index (κ1) is 27.9. The SMILES string of the molecule is Cc1ccc(Cl)cc1N1C(=O)CC(N2CCN(c3nc4c(c(=O)n(C)c(=O)n4C)n3Cc3ccc(F)cc3)CC2)C1=O. The van der Waals surface area contributed by atoms with Crippen LogP contribution in [-0.2, 0) is 30.2 Å². The first-order chi connectivity index (χ1) is 20.0. The van der Waals surface area contributed by atoms with Gasteiger partial charge in [0.15, 0.2) is 11.2 Å². The predicted molar refractivity (Wildman–Crippen MR) is 157 cm³/mol. The molecule has 4 aromatic rings. The van der Waals surface area contributed by atoms with Crippen molar-refractivity contribution in [2.24, 2.45) is 14.1 Å². The van der Waals surface area contributed by atoms with E-state index in [1.165, 1.54) is 28.6 Å². The fourth-order valence-electron chi connectivity index (χ4n) is 5.81. The number of carbonyl (C=O) groups is 2. The van der Waals surface area contributed by atoms with Gasteiger partial charge in [0.2, 0.25) is 11.9 Å². The second kappa shape index (κ2) is 10.5. The lowest BCUT2D eigenvalue weighted by atomic mass is 10.1. The largest absolute Gasteiger partial charge is 0.340 e. The molecule has 2 amide bonds. The Kier molecular flexibility index (Phi) is 6.98. The molecule has 0 N–H and O–H groups in total. The Morgan fingerprint density at radius 3 is 2.33 bits per heavy atom. The van der Waals surface area contributed by atoms with Gasteiger partial charge in [-0.05, 0) is 42.3 Å². The summed E-state index contributed by atoms with van der Waals surface area (Å²) in [5, 5.41) is 0.448. The van der Waals surface area contributed by atoms with Gasteiger partial charge in [0.05, 0.1) is 24.7 Å². The average Bonchev–Trinajstić information content (AvgIpc) is 3.50. The molecule has 0 spiro atoms. The second-order valence-electron chi connectivity index (χ2n) is 10.7. The zero-order valence-electron chi connectivity index (χ0n) is 23.4. The van der Waals surface area contributed by atoms with E-state index >= 15 is 0 Å². The topological polar surface area (TPSA) is 106 Å². The van der Waals surface area contributed by atoms with Crippen LogP contribution in [0, 0.1) is 12.7 Å². The molecule has 0 saturated carbocycles. The summed E-state index contributed by atoms with van der Waals surface area (Å²) in [5.41, 5.74) is 1.61. The zero-order valence-corrected chi connectivity index (χ0v) is 24.1. The monoisotopic (exact) mass is 593 g/mol. The van der Waals surface area contributed by atoms with Gasteiger partial charge in [0.1, 0.15) is 5.82 Å². The number of halogens is 2. The molecule has 2 fully saturated rings. The highest BCUT2D eigenvalue weighted by Gasteiger charge is 2.44. The maximum Gasteiger partial charge on any atom is 0.332 e. The van der Waals surface area contributed by atoms with E-state index in [4.69, 9.17) is 16.6 Å². The molecule has 0 radical (unpaired) electrons. The number of aryl methyl sites for hydroxylation is 2. The molecular weight excluding hydrogens is 565 g/mol. The molecule has 2 aromatic heterocycles. The molecule has 2 saturated heterocycles. The van der Waals surface area contributed by atoms with Crippen molar-refractivity contribution in [1.29, 1.82) is 0 Å². The van der Waals surface area contributed by atoms with Gasteiger partial charge >= 0.3 is 5.69 Å². The van der Waals surface area contributed by atoms with Crippen molar-refractivity contribution >= 4 is 46.2 Å². The van der Waals surface area contributed by atoms with Gasteiger partial charge < -0.3 is 4.90 Å². The summed E-state index contributed by atoms with van der Waals surface area (Å²) in [6, 6.07) is 10.5. The molecule has 0 bridgehead atoms. The Labute approximate surface area is 244 Å². The smallest absolute Gasteiger partial charge is 0.332 e. The van der Waals surface area contributed by atoms with Crippen LogP contribution >= 0.6 is 11.6 Å². The van der Waals surface area contributed by atoms with E-state index in [9.17, 15) is 23.6 Å². The van der Waals surface area contributed by atoms with E-state index in [0.717, 1.165) is 15.7 Å². The third-order valence-electron chi connectivity index (χ3n) is 8.15.